The van der Waals surface area contributed by atoms with Gasteiger partial charge in [0, 0.05) is 23.5 Å². The van der Waals surface area contributed by atoms with Gasteiger partial charge in [0.25, 0.3) is 0 Å². The summed E-state index contributed by atoms with van der Waals surface area (Å²) in [5.74, 6) is 0.235. The Kier molecular flexibility index (Phi) is 4.77. The number of ketones is 1. The van der Waals surface area contributed by atoms with E-state index in [9.17, 15) is 9.59 Å². The second kappa shape index (κ2) is 6.55. The molecule has 1 unspecified atom stereocenters. The lowest BCUT2D eigenvalue weighted by molar-refractivity contribution is -0.137. The molecule has 0 heterocycles. The van der Waals surface area contributed by atoms with Crippen LogP contribution >= 0.6 is 0 Å². The van der Waals surface area contributed by atoms with Gasteiger partial charge in [-0.1, -0.05) is 18.6 Å². The third kappa shape index (κ3) is 3.18. The van der Waals surface area contributed by atoms with Crippen molar-refractivity contribution < 1.29 is 19.4 Å². The van der Waals surface area contributed by atoms with Crippen molar-refractivity contribution in [1.29, 1.82) is 0 Å². The molecule has 2 rings (SSSR count). The fraction of sp³-hybridized carbons (Fsp3) is 0.500. The highest BCUT2D eigenvalue weighted by Gasteiger charge is 2.28. The summed E-state index contributed by atoms with van der Waals surface area (Å²) in [5.41, 5.74) is 1.79. The van der Waals surface area contributed by atoms with Gasteiger partial charge in [0.2, 0.25) is 0 Å². The number of hydrogen-bond donors (Lipinski definition) is 1. The summed E-state index contributed by atoms with van der Waals surface area (Å²) in [6.45, 7) is 0. The van der Waals surface area contributed by atoms with Gasteiger partial charge in [-0.25, -0.2) is 0 Å². The lowest BCUT2D eigenvalue weighted by Gasteiger charge is -2.24. The molecule has 0 spiro atoms. The average molecular weight is 276 g/mol. The van der Waals surface area contributed by atoms with Crippen molar-refractivity contribution in [2.24, 2.45) is 5.92 Å². The number of carboxylic acids is 1. The quantitative estimate of drug-likeness (QED) is 0.811. The van der Waals surface area contributed by atoms with Crippen LogP contribution in [0.25, 0.3) is 0 Å². The molecule has 0 amide bonds. The minimum absolute atomic E-state index is 0.0309. The van der Waals surface area contributed by atoms with Gasteiger partial charge in [-0.2, -0.15) is 0 Å². The van der Waals surface area contributed by atoms with E-state index in [-0.39, 0.29) is 18.1 Å². The van der Waals surface area contributed by atoms with Crippen LogP contribution in [0.2, 0.25) is 0 Å². The van der Waals surface area contributed by atoms with Gasteiger partial charge in [0.05, 0.1) is 7.11 Å². The molecule has 0 aliphatic heterocycles. The summed E-state index contributed by atoms with van der Waals surface area (Å²) in [6, 6.07) is 5.60. The van der Waals surface area contributed by atoms with Gasteiger partial charge in [0.1, 0.15) is 5.75 Å². The van der Waals surface area contributed by atoms with Crippen molar-refractivity contribution >= 4 is 11.8 Å². The van der Waals surface area contributed by atoms with E-state index >= 15 is 0 Å². The minimum atomic E-state index is -0.768. The van der Waals surface area contributed by atoms with Crippen LogP contribution in [0.15, 0.2) is 18.2 Å². The molecule has 20 heavy (non-hydrogen) atoms. The first-order chi connectivity index (χ1) is 9.63. The summed E-state index contributed by atoms with van der Waals surface area (Å²) in [5, 5.41) is 8.61. The number of Topliss-reactive ketones (excluding diaryl/α,β-unsaturated/α-hetero) is 1. The molecule has 4 nitrogen and oxygen atoms in total. The molecule has 0 saturated heterocycles. The van der Waals surface area contributed by atoms with Gasteiger partial charge in [0.15, 0.2) is 5.78 Å². The molecule has 108 valence electrons. The number of rotatable bonds is 6. The van der Waals surface area contributed by atoms with Crippen LogP contribution in [0.5, 0.6) is 5.75 Å². The monoisotopic (exact) mass is 276 g/mol. The van der Waals surface area contributed by atoms with E-state index in [1.807, 2.05) is 18.2 Å². The molecule has 0 fully saturated rings. The standard InChI is InChI=1S/C16H20O4/c1-20-14-7-4-6-13-12(14)10-9-11(16(13)19)5-2-3-8-15(17)18/h4,6-7,11H,2-3,5,8-10H2,1H3,(H,17,18). The Morgan fingerprint density at radius 2 is 2.20 bits per heavy atom. The van der Waals surface area contributed by atoms with Crippen molar-refractivity contribution in [3.63, 3.8) is 0 Å². The largest absolute Gasteiger partial charge is 0.496 e. The van der Waals surface area contributed by atoms with Crippen molar-refractivity contribution in [3.05, 3.63) is 29.3 Å². The molecular weight excluding hydrogens is 256 g/mol. The average Bonchev–Trinajstić information content (AvgIpc) is 2.45. The van der Waals surface area contributed by atoms with Crippen molar-refractivity contribution in [1.82, 2.24) is 0 Å². The Morgan fingerprint density at radius 3 is 2.90 bits per heavy atom. The molecule has 4 heteroatoms. The van der Waals surface area contributed by atoms with E-state index < -0.39 is 5.97 Å². The van der Waals surface area contributed by atoms with E-state index in [1.165, 1.54) is 0 Å². The maximum atomic E-state index is 12.4. The van der Waals surface area contributed by atoms with E-state index in [2.05, 4.69) is 0 Å². The molecule has 1 N–H and O–H groups in total. The van der Waals surface area contributed by atoms with Crippen molar-refractivity contribution in [2.75, 3.05) is 7.11 Å². The number of benzene rings is 1. The Hall–Kier alpha value is -1.84. The maximum Gasteiger partial charge on any atom is 0.303 e. The highest BCUT2D eigenvalue weighted by molar-refractivity contribution is 6.00. The van der Waals surface area contributed by atoms with Crippen LogP contribution in [0.4, 0.5) is 0 Å². The number of carbonyl (C=O) groups excluding carboxylic acids is 1. The predicted molar refractivity (Wildman–Crippen MR) is 75.2 cm³/mol. The van der Waals surface area contributed by atoms with Crippen LogP contribution in [-0.4, -0.2) is 24.0 Å². The molecule has 0 saturated carbocycles. The lowest BCUT2D eigenvalue weighted by Crippen LogP contribution is -2.23. The van der Waals surface area contributed by atoms with Gasteiger partial charge < -0.3 is 9.84 Å². The van der Waals surface area contributed by atoms with Crippen molar-refractivity contribution in [3.8, 4) is 5.75 Å². The Morgan fingerprint density at radius 1 is 1.40 bits per heavy atom. The number of unbranched alkanes of at least 4 members (excludes halogenated alkanes) is 1. The fourth-order valence-electron chi connectivity index (χ4n) is 2.86. The summed E-state index contributed by atoms with van der Waals surface area (Å²) >= 11 is 0. The number of aliphatic carboxylic acids is 1. The van der Waals surface area contributed by atoms with Gasteiger partial charge in [-0.3, -0.25) is 9.59 Å². The highest BCUT2D eigenvalue weighted by Crippen LogP contribution is 2.33. The first-order valence-electron chi connectivity index (χ1n) is 7.05. The van der Waals surface area contributed by atoms with E-state index in [1.54, 1.807) is 7.11 Å². The molecule has 0 radical (unpaired) electrons. The summed E-state index contributed by atoms with van der Waals surface area (Å²) < 4.78 is 5.30. The van der Waals surface area contributed by atoms with Gasteiger partial charge >= 0.3 is 5.97 Å². The number of carbonyl (C=O) groups is 2. The minimum Gasteiger partial charge on any atom is -0.496 e. The molecule has 0 aromatic heterocycles. The smallest absolute Gasteiger partial charge is 0.303 e. The fourth-order valence-corrected chi connectivity index (χ4v) is 2.86. The maximum absolute atomic E-state index is 12.4. The summed E-state index contributed by atoms with van der Waals surface area (Å²) in [6.07, 6.45) is 4.09. The molecular formula is C16H20O4. The molecule has 1 atom stereocenters. The van der Waals surface area contributed by atoms with Gasteiger partial charge in [-0.05, 0) is 31.7 Å². The van der Waals surface area contributed by atoms with Crippen LogP contribution in [0.1, 0.15) is 48.0 Å². The Balaban J connectivity index is 1.99. The molecule has 1 aromatic rings. The molecule has 1 aliphatic carbocycles. The van der Waals surface area contributed by atoms with E-state index in [0.29, 0.717) is 6.42 Å². The van der Waals surface area contributed by atoms with Crippen LogP contribution in [0, 0.1) is 5.92 Å². The number of methoxy groups -OCH3 is 1. The number of carboxylic acid groups (broad SMARTS) is 1. The number of fused-ring (bicyclic) bond motifs is 1. The van der Waals surface area contributed by atoms with E-state index in [0.717, 1.165) is 42.6 Å². The summed E-state index contributed by atoms with van der Waals surface area (Å²) in [7, 11) is 1.62. The third-order valence-corrected chi connectivity index (χ3v) is 3.93. The zero-order valence-corrected chi connectivity index (χ0v) is 11.7. The third-order valence-electron chi connectivity index (χ3n) is 3.93. The SMILES string of the molecule is COc1cccc2c1CCC(CCCCC(=O)O)C2=O. The normalized spacial score (nSPS) is 17.6. The second-order valence-corrected chi connectivity index (χ2v) is 5.23. The lowest BCUT2D eigenvalue weighted by atomic mass is 9.80. The predicted octanol–water partition coefficient (Wildman–Crippen LogP) is 3.09. The Labute approximate surface area is 118 Å². The molecule has 0 bridgehead atoms. The zero-order valence-electron chi connectivity index (χ0n) is 11.7. The molecule has 1 aliphatic rings. The number of ether oxygens (including phenoxy) is 1. The first kappa shape index (κ1) is 14.6. The highest BCUT2D eigenvalue weighted by atomic mass is 16.5. The number of hydrogen-bond acceptors (Lipinski definition) is 3. The second-order valence-electron chi connectivity index (χ2n) is 5.23. The van der Waals surface area contributed by atoms with Crippen LogP contribution in [0.3, 0.4) is 0 Å². The molecule has 1 aromatic carbocycles. The topological polar surface area (TPSA) is 63.6 Å². The Bertz CT molecular complexity index is 507. The van der Waals surface area contributed by atoms with Crippen LogP contribution < -0.4 is 4.74 Å². The first-order valence-corrected chi connectivity index (χ1v) is 7.05. The van der Waals surface area contributed by atoms with E-state index in [4.69, 9.17) is 9.84 Å². The zero-order chi connectivity index (χ0) is 14.5. The summed E-state index contributed by atoms with van der Waals surface area (Å²) in [4.78, 5) is 22.9. The van der Waals surface area contributed by atoms with Crippen LogP contribution in [-0.2, 0) is 11.2 Å². The van der Waals surface area contributed by atoms with Crippen molar-refractivity contribution in [2.45, 2.75) is 38.5 Å². The van der Waals surface area contributed by atoms with Gasteiger partial charge in [-0.15, -0.1) is 0 Å².